The van der Waals surface area contributed by atoms with Crippen molar-refractivity contribution in [3.8, 4) is 22.9 Å². The number of aromatic nitrogens is 1. The fraction of sp³-hybridized carbons (Fsp3) is 0.370. The second kappa shape index (κ2) is 8.70. The minimum absolute atomic E-state index is 0. The number of benzene rings is 2. The van der Waals surface area contributed by atoms with Crippen LogP contribution in [0.3, 0.4) is 0 Å². The molecule has 1 aromatic heterocycles. The summed E-state index contributed by atoms with van der Waals surface area (Å²) in [4.78, 5) is 15.1. The number of carbonyl (C=O) groups is 1. The van der Waals surface area contributed by atoms with Crippen LogP contribution in [-0.2, 0) is 5.60 Å². The summed E-state index contributed by atoms with van der Waals surface area (Å²) in [5, 5.41) is 0. The summed E-state index contributed by atoms with van der Waals surface area (Å²) < 4.78 is 33.8. The van der Waals surface area contributed by atoms with Crippen LogP contribution >= 0.6 is 0 Å². The number of rotatable bonds is 5. The molecule has 3 heterocycles. The highest BCUT2D eigenvalue weighted by molar-refractivity contribution is 5.95. The van der Waals surface area contributed by atoms with Gasteiger partial charge in [-0.1, -0.05) is 6.92 Å². The zero-order valence-electron chi connectivity index (χ0n) is 19.7. The zero-order chi connectivity index (χ0) is 23.9. The van der Waals surface area contributed by atoms with Crippen molar-refractivity contribution in [1.29, 1.82) is 0 Å². The number of ether oxygens (including phenoxy) is 3. The molecule has 180 valence electrons. The number of hydrogen-bond acceptors (Lipinski definition) is 4. The lowest BCUT2D eigenvalue weighted by molar-refractivity contribution is -0.00951. The lowest BCUT2D eigenvalue weighted by atomic mass is 9.86. The molecule has 2 aromatic carbocycles. The average molecular weight is 467 g/mol. The molecule has 1 amide bonds. The largest absolute Gasteiger partial charge is 0.493 e. The molecule has 34 heavy (non-hydrogen) atoms. The normalized spacial score (nSPS) is 16.9. The van der Waals surface area contributed by atoms with Crippen LogP contribution in [0, 0.1) is 5.82 Å². The molecule has 1 spiro atoms. The number of fused-ring (bicyclic) bond motifs is 4. The van der Waals surface area contributed by atoms with E-state index in [-0.39, 0.29) is 19.3 Å². The van der Waals surface area contributed by atoms with E-state index in [1.807, 2.05) is 30.2 Å². The molecule has 1 atom stereocenters. The summed E-state index contributed by atoms with van der Waals surface area (Å²) in [6.45, 7) is 5.11. The van der Waals surface area contributed by atoms with Crippen LogP contribution in [0.1, 0.15) is 50.6 Å². The first-order valence-electron chi connectivity index (χ1n) is 11.7. The third-order valence-electron chi connectivity index (χ3n) is 6.87. The van der Waals surface area contributed by atoms with Crippen LogP contribution in [0.2, 0.25) is 0 Å². The Hall–Kier alpha value is -3.48. The fourth-order valence-electron chi connectivity index (χ4n) is 4.80. The highest BCUT2D eigenvalue weighted by Gasteiger charge is 2.44. The third kappa shape index (κ3) is 3.79. The van der Waals surface area contributed by atoms with E-state index in [0.717, 1.165) is 17.8 Å². The smallest absolute Gasteiger partial charge is 0.253 e. The number of nitrogens with zero attached hydrogens (tertiary/aromatic N) is 2. The summed E-state index contributed by atoms with van der Waals surface area (Å²) >= 11 is 0. The van der Waals surface area contributed by atoms with Crippen LogP contribution < -0.4 is 14.2 Å². The SMILES string of the molecule is CC[C@@H](C)Oc1ccc(C(=O)N2CCC3(CC2)Oc2cc(F)ccc2-n2cccc23)cc1OC.[HH]. The molecule has 0 bridgehead atoms. The quantitative estimate of drug-likeness (QED) is 0.493. The Morgan fingerprint density at radius 3 is 2.71 bits per heavy atom. The number of amides is 1. The first-order valence-corrected chi connectivity index (χ1v) is 11.7. The van der Waals surface area contributed by atoms with Crippen LogP contribution in [-0.4, -0.2) is 41.7 Å². The molecule has 0 unspecified atom stereocenters. The Kier molecular flexibility index (Phi) is 5.71. The molecule has 5 rings (SSSR count). The van der Waals surface area contributed by atoms with Crippen LogP contribution in [0.5, 0.6) is 17.2 Å². The first kappa shape index (κ1) is 22.3. The summed E-state index contributed by atoms with van der Waals surface area (Å²) in [6, 6.07) is 14.0. The number of likely N-dealkylation sites (tertiary alicyclic amines) is 1. The number of halogens is 1. The lowest BCUT2D eigenvalue weighted by Crippen LogP contribution is -2.50. The van der Waals surface area contributed by atoms with Crippen molar-refractivity contribution in [2.75, 3.05) is 20.2 Å². The van der Waals surface area contributed by atoms with Gasteiger partial charge in [0.2, 0.25) is 0 Å². The van der Waals surface area contributed by atoms with Crippen molar-refractivity contribution in [2.45, 2.75) is 44.8 Å². The monoisotopic (exact) mass is 466 g/mol. The Bertz CT molecular complexity index is 1220. The summed E-state index contributed by atoms with van der Waals surface area (Å²) in [5.74, 6) is 1.33. The molecule has 6 nitrogen and oxygen atoms in total. The average Bonchev–Trinajstić information content (AvgIpc) is 3.35. The maximum absolute atomic E-state index is 13.9. The minimum atomic E-state index is -0.591. The second-order valence-corrected chi connectivity index (χ2v) is 8.97. The van der Waals surface area contributed by atoms with Gasteiger partial charge in [-0.3, -0.25) is 4.79 Å². The van der Waals surface area contributed by atoms with Crippen molar-refractivity contribution in [3.05, 3.63) is 71.8 Å². The summed E-state index contributed by atoms with van der Waals surface area (Å²) in [7, 11) is 1.58. The van der Waals surface area contributed by atoms with Crippen molar-refractivity contribution >= 4 is 5.91 Å². The predicted octanol–water partition coefficient (Wildman–Crippen LogP) is 5.57. The van der Waals surface area contributed by atoms with Crippen molar-refractivity contribution in [1.82, 2.24) is 9.47 Å². The molecule has 0 radical (unpaired) electrons. The molecule has 1 saturated heterocycles. The van der Waals surface area contributed by atoms with E-state index in [9.17, 15) is 9.18 Å². The first-order chi connectivity index (χ1) is 16.4. The number of carbonyl (C=O) groups excluding carboxylic acids is 1. The van der Waals surface area contributed by atoms with E-state index in [1.165, 1.54) is 12.1 Å². The van der Waals surface area contributed by atoms with E-state index in [2.05, 4.69) is 11.5 Å². The summed E-state index contributed by atoms with van der Waals surface area (Å²) in [6.07, 6.45) is 4.14. The standard InChI is InChI=1S/C27H29FN2O4.H2/c1-4-18(2)33-22-10-7-19(16-24(22)32-3)26(31)29-14-11-27(12-15-29)25-6-5-13-30(25)21-9-8-20(28)17-23(21)34-27;/h5-10,13,16-18H,4,11-12,14-15H2,1-3H3;1H/t18-;/m1./s1. The molecule has 0 aliphatic carbocycles. The van der Waals surface area contributed by atoms with Gasteiger partial charge in [-0.15, -0.1) is 0 Å². The molecule has 0 N–H and O–H groups in total. The Labute approximate surface area is 200 Å². The lowest BCUT2D eigenvalue weighted by Gasteiger charge is -2.45. The molecular formula is C27H31FN2O4. The van der Waals surface area contributed by atoms with Gasteiger partial charge in [0.15, 0.2) is 17.1 Å². The van der Waals surface area contributed by atoms with E-state index >= 15 is 0 Å². The van der Waals surface area contributed by atoms with E-state index in [1.54, 1.807) is 31.4 Å². The number of hydrogen-bond donors (Lipinski definition) is 0. The third-order valence-corrected chi connectivity index (χ3v) is 6.87. The molecule has 0 saturated carbocycles. The predicted molar refractivity (Wildman–Crippen MR) is 129 cm³/mol. The van der Waals surface area contributed by atoms with E-state index < -0.39 is 5.60 Å². The van der Waals surface area contributed by atoms with Gasteiger partial charge in [-0.25, -0.2) is 4.39 Å². The maximum atomic E-state index is 13.9. The Morgan fingerprint density at radius 1 is 1.18 bits per heavy atom. The molecule has 1 fully saturated rings. The topological polar surface area (TPSA) is 52.9 Å². The number of methoxy groups -OCH3 is 1. The van der Waals surface area contributed by atoms with Gasteiger partial charge >= 0.3 is 0 Å². The zero-order valence-corrected chi connectivity index (χ0v) is 19.7. The number of piperidine rings is 1. The van der Waals surface area contributed by atoms with Gasteiger partial charge in [-0.05, 0) is 55.8 Å². The second-order valence-electron chi connectivity index (χ2n) is 8.97. The van der Waals surface area contributed by atoms with Gasteiger partial charge in [0.25, 0.3) is 5.91 Å². The highest BCUT2D eigenvalue weighted by Crippen LogP contribution is 2.45. The molecule has 2 aliphatic rings. The molecule has 2 aliphatic heterocycles. The van der Waals surface area contributed by atoms with Gasteiger partial charge < -0.3 is 23.7 Å². The molecule has 3 aromatic rings. The van der Waals surface area contributed by atoms with Crippen LogP contribution in [0.4, 0.5) is 4.39 Å². The fourth-order valence-corrected chi connectivity index (χ4v) is 4.80. The van der Waals surface area contributed by atoms with E-state index in [0.29, 0.717) is 48.7 Å². The van der Waals surface area contributed by atoms with Crippen LogP contribution in [0.15, 0.2) is 54.7 Å². The highest BCUT2D eigenvalue weighted by atomic mass is 19.1. The maximum Gasteiger partial charge on any atom is 0.253 e. The summed E-state index contributed by atoms with van der Waals surface area (Å²) in [5.41, 5.74) is 1.83. The molecular weight excluding hydrogens is 435 g/mol. The van der Waals surface area contributed by atoms with Gasteiger partial charge in [-0.2, -0.15) is 0 Å². The van der Waals surface area contributed by atoms with E-state index in [4.69, 9.17) is 14.2 Å². The van der Waals surface area contributed by atoms with Gasteiger partial charge in [0.1, 0.15) is 11.6 Å². The Balaban J connectivity index is 0.00000289. The van der Waals surface area contributed by atoms with Crippen molar-refractivity contribution in [3.63, 3.8) is 0 Å². The van der Waals surface area contributed by atoms with Crippen molar-refractivity contribution < 1.29 is 24.8 Å². The minimum Gasteiger partial charge on any atom is -0.493 e. The Morgan fingerprint density at radius 2 is 1.97 bits per heavy atom. The van der Waals surface area contributed by atoms with Gasteiger partial charge in [0, 0.05) is 45.2 Å². The van der Waals surface area contributed by atoms with Crippen LogP contribution in [0.25, 0.3) is 5.69 Å². The van der Waals surface area contributed by atoms with Crippen molar-refractivity contribution in [2.24, 2.45) is 0 Å². The molecule has 7 heteroatoms. The van der Waals surface area contributed by atoms with Gasteiger partial charge in [0.05, 0.1) is 24.6 Å².